The van der Waals surface area contributed by atoms with E-state index in [1.54, 1.807) is 18.2 Å². The third kappa shape index (κ3) is 3.42. The van der Waals surface area contributed by atoms with Crippen molar-refractivity contribution in [2.75, 3.05) is 0 Å². The number of rotatable bonds is 2. The number of amides is 2. The van der Waals surface area contributed by atoms with Gasteiger partial charge in [-0.15, -0.1) is 0 Å². The first kappa shape index (κ1) is 11.8. The summed E-state index contributed by atoms with van der Waals surface area (Å²) < 4.78 is 0. The summed E-state index contributed by atoms with van der Waals surface area (Å²) in [5.74, 6) is -1.85. The van der Waals surface area contributed by atoms with Gasteiger partial charge in [0.1, 0.15) is 0 Å². The van der Waals surface area contributed by atoms with E-state index in [0.717, 1.165) is 5.56 Å². The fourth-order valence-corrected chi connectivity index (χ4v) is 1.24. The van der Waals surface area contributed by atoms with Crippen molar-refractivity contribution in [3.63, 3.8) is 0 Å². The molecule has 0 aliphatic rings. The molecule has 0 bridgehead atoms. The maximum atomic E-state index is 10.8. The Labute approximate surface area is 96.3 Å². The number of nitrogens with two attached hydrogens (primary N) is 1. The van der Waals surface area contributed by atoms with Crippen LogP contribution in [0.1, 0.15) is 5.56 Å². The van der Waals surface area contributed by atoms with E-state index in [1.807, 2.05) is 0 Å². The Kier molecular flexibility index (Phi) is 3.94. The summed E-state index contributed by atoms with van der Waals surface area (Å²) in [6.45, 7) is 0.179. The number of nitrogens with one attached hydrogen (secondary N) is 1. The van der Waals surface area contributed by atoms with Gasteiger partial charge in [0, 0.05) is 6.54 Å². The Morgan fingerprint density at radius 2 is 1.93 bits per heavy atom. The van der Waals surface area contributed by atoms with Crippen molar-refractivity contribution in [3.05, 3.63) is 33.8 Å². The zero-order valence-electron chi connectivity index (χ0n) is 7.59. The Morgan fingerprint density at radius 3 is 2.47 bits per heavy atom. The van der Waals surface area contributed by atoms with Gasteiger partial charge in [0.25, 0.3) is 0 Å². The van der Waals surface area contributed by atoms with Gasteiger partial charge >= 0.3 is 11.8 Å². The van der Waals surface area contributed by atoms with Gasteiger partial charge in [0.2, 0.25) is 0 Å². The number of hydrogen-bond donors (Lipinski definition) is 2. The van der Waals surface area contributed by atoms with E-state index in [1.165, 1.54) is 0 Å². The molecule has 0 atom stereocenters. The van der Waals surface area contributed by atoms with Crippen LogP contribution < -0.4 is 11.1 Å². The highest BCUT2D eigenvalue weighted by Gasteiger charge is 2.07. The van der Waals surface area contributed by atoms with Crippen LogP contribution in [0.5, 0.6) is 0 Å². The Hall–Kier alpha value is -1.26. The predicted octanol–water partition coefficient (Wildman–Crippen LogP) is 1.09. The molecule has 6 heteroatoms. The second-order valence-corrected chi connectivity index (χ2v) is 3.61. The first-order valence-electron chi connectivity index (χ1n) is 4.02. The molecule has 4 nitrogen and oxygen atoms in total. The van der Waals surface area contributed by atoms with Gasteiger partial charge in [-0.25, -0.2) is 0 Å². The summed E-state index contributed by atoms with van der Waals surface area (Å²) in [5, 5.41) is 3.15. The predicted molar refractivity (Wildman–Crippen MR) is 57.5 cm³/mol. The smallest absolute Gasteiger partial charge is 0.309 e. The van der Waals surface area contributed by atoms with E-state index in [9.17, 15) is 9.59 Å². The second-order valence-electron chi connectivity index (χ2n) is 2.80. The van der Waals surface area contributed by atoms with Gasteiger partial charge in [-0.1, -0.05) is 29.3 Å². The van der Waals surface area contributed by atoms with Gasteiger partial charge < -0.3 is 11.1 Å². The molecule has 2 amide bonds. The lowest BCUT2D eigenvalue weighted by Gasteiger charge is -2.04. The maximum Gasteiger partial charge on any atom is 0.309 e. The number of hydrogen-bond acceptors (Lipinski definition) is 2. The average molecular weight is 247 g/mol. The number of carbonyl (C=O) groups is 2. The molecule has 0 heterocycles. The molecular weight excluding hydrogens is 239 g/mol. The summed E-state index contributed by atoms with van der Waals surface area (Å²) in [7, 11) is 0. The van der Waals surface area contributed by atoms with E-state index in [-0.39, 0.29) is 6.54 Å². The zero-order valence-corrected chi connectivity index (χ0v) is 9.10. The highest BCUT2D eigenvalue weighted by molar-refractivity contribution is 6.42. The fraction of sp³-hybridized carbons (Fsp3) is 0.111. The fourth-order valence-electron chi connectivity index (χ4n) is 0.919. The van der Waals surface area contributed by atoms with Gasteiger partial charge in [-0.2, -0.15) is 0 Å². The molecule has 0 unspecified atom stereocenters. The minimum atomic E-state index is -1.02. The van der Waals surface area contributed by atoms with Gasteiger partial charge in [-0.05, 0) is 17.7 Å². The van der Waals surface area contributed by atoms with Crippen molar-refractivity contribution in [3.8, 4) is 0 Å². The molecule has 0 aliphatic carbocycles. The molecule has 0 saturated carbocycles. The van der Waals surface area contributed by atoms with Crippen molar-refractivity contribution in [2.24, 2.45) is 5.73 Å². The van der Waals surface area contributed by atoms with Crippen LogP contribution in [0, 0.1) is 0 Å². The molecule has 1 aromatic carbocycles. The maximum absolute atomic E-state index is 10.8. The monoisotopic (exact) mass is 246 g/mol. The minimum absolute atomic E-state index is 0.179. The molecule has 0 fully saturated rings. The van der Waals surface area contributed by atoms with Crippen LogP contribution in [0.2, 0.25) is 10.0 Å². The molecule has 3 N–H and O–H groups in total. The van der Waals surface area contributed by atoms with E-state index >= 15 is 0 Å². The molecule has 1 rings (SSSR count). The van der Waals surface area contributed by atoms with Crippen LogP contribution in [0.15, 0.2) is 18.2 Å². The molecule has 0 saturated heterocycles. The molecular formula is C9H8Cl2N2O2. The van der Waals surface area contributed by atoms with Crippen molar-refractivity contribution in [1.82, 2.24) is 5.32 Å². The molecule has 0 radical (unpaired) electrons. The molecule has 1 aromatic rings. The average Bonchev–Trinajstić information content (AvgIpc) is 2.19. The summed E-state index contributed by atoms with van der Waals surface area (Å²) >= 11 is 11.5. The SMILES string of the molecule is NC(=O)C(=O)NCc1ccc(Cl)c(Cl)c1. The zero-order chi connectivity index (χ0) is 11.4. The lowest BCUT2D eigenvalue weighted by atomic mass is 10.2. The first-order chi connectivity index (χ1) is 7.00. The molecule has 0 spiro atoms. The van der Waals surface area contributed by atoms with E-state index in [2.05, 4.69) is 5.32 Å². The van der Waals surface area contributed by atoms with Crippen LogP contribution in [0.3, 0.4) is 0 Å². The van der Waals surface area contributed by atoms with Gasteiger partial charge in [0.15, 0.2) is 0 Å². The van der Waals surface area contributed by atoms with Crippen molar-refractivity contribution >= 4 is 35.0 Å². The van der Waals surface area contributed by atoms with E-state index in [4.69, 9.17) is 28.9 Å². The highest BCUT2D eigenvalue weighted by atomic mass is 35.5. The third-order valence-electron chi connectivity index (χ3n) is 1.66. The normalized spacial score (nSPS) is 9.73. The minimum Gasteiger partial charge on any atom is -0.361 e. The third-order valence-corrected chi connectivity index (χ3v) is 2.40. The molecule has 0 aliphatic heterocycles. The van der Waals surface area contributed by atoms with Crippen molar-refractivity contribution < 1.29 is 9.59 Å². The number of benzene rings is 1. The summed E-state index contributed by atoms with van der Waals surface area (Å²) in [5.41, 5.74) is 5.49. The van der Waals surface area contributed by atoms with Crippen LogP contribution in [0.25, 0.3) is 0 Å². The second kappa shape index (κ2) is 5.00. The van der Waals surface area contributed by atoms with Gasteiger partial charge in [-0.3, -0.25) is 9.59 Å². The number of halogens is 2. The van der Waals surface area contributed by atoms with Crippen molar-refractivity contribution in [1.29, 1.82) is 0 Å². The Bertz CT molecular complexity index is 407. The number of primary amides is 1. The van der Waals surface area contributed by atoms with Crippen LogP contribution in [0.4, 0.5) is 0 Å². The lowest BCUT2D eigenvalue weighted by molar-refractivity contribution is -0.137. The van der Waals surface area contributed by atoms with E-state index < -0.39 is 11.8 Å². The lowest BCUT2D eigenvalue weighted by Crippen LogP contribution is -2.35. The first-order valence-corrected chi connectivity index (χ1v) is 4.78. The summed E-state index contributed by atoms with van der Waals surface area (Å²) in [6.07, 6.45) is 0. The van der Waals surface area contributed by atoms with Crippen LogP contribution in [-0.4, -0.2) is 11.8 Å². The summed E-state index contributed by atoms with van der Waals surface area (Å²) in [4.78, 5) is 21.2. The number of carbonyl (C=O) groups excluding carboxylic acids is 2. The topological polar surface area (TPSA) is 72.2 Å². The Morgan fingerprint density at radius 1 is 1.27 bits per heavy atom. The van der Waals surface area contributed by atoms with Crippen molar-refractivity contribution in [2.45, 2.75) is 6.54 Å². The largest absolute Gasteiger partial charge is 0.361 e. The van der Waals surface area contributed by atoms with Crippen LogP contribution in [-0.2, 0) is 16.1 Å². The van der Waals surface area contributed by atoms with E-state index in [0.29, 0.717) is 10.0 Å². The Balaban J connectivity index is 2.62. The summed E-state index contributed by atoms with van der Waals surface area (Å²) in [6, 6.07) is 4.90. The highest BCUT2D eigenvalue weighted by Crippen LogP contribution is 2.22. The quantitative estimate of drug-likeness (QED) is 0.768. The standard InChI is InChI=1S/C9H8Cl2N2O2/c10-6-2-1-5(3-7(6)11)4-13-9(15)8(12)14/h1-3H,4H2,(H2,12,14)(H,13,15). The van der Waals surface area contributed by atoms with Crippen LogP contribution >= 0.6 is 23.2 Å². The molecule has 15 heavy (non-hydrogen) atoms. The molecule has 0 aromatic heterocycles. The van der Waals surface area contributed by atoms with Gasteiger partial charge in [0.05, 0.1) is 10.0 Å². The molecule has 80 valence electrons.